The van der Waals surface area contributed by atoms with Crippen LogP contribution in [-0.4, -0.2) is 17.9 Å². The molecule has 0 radical (unpaired) electrons. The highest BCUT2D eigenvalue weighted by atomic mass is 16.1. The number of hydrogen-bond acceptors (Lipinski definition) is 3. The molecule has 5 nitrogen and oxygen atoms in total. The summed E-state index contributed by atoms with van der Waals surface area (Å²) >= 11 is 0. The summed E-state index contributed by atoms with van der Waals surface area (Å²) in [5, 5.41) is 2.77. The van der Waals surface area contributed by atoms with E-state index < -0.39 is 0 Å². The second-order valence-electron chi connectivity index (χ2n) is 5.00. The monoisotopic (exact) mass is 263 g/mol. The minimum Gasteiger partial charge on any atom is -0.369 e. The first-order valence-electron chi connectivity index (χ1n) is 6.31. The van der Waals surface area contributed by atoms with Gasteiger partial charge in [0.05, 0.1) is 6.42 Å². The number of anilines is 1. The number of hydrogen-bond donors (Lipinski definition) is 3. The average Bonchev–Trinajstić information content (AvgIpc) is 2.30. The summed E-state index contributed by atoms with van der Waals surface area (Å²) in [6.45, 7) is 3.97. The maximum absolute atomic E-state index is 11.7. The average molecular weight is 263 g/mol. The van der Waals surface area contributed by atoms with Gasteiger partial charge in [-0.3, -0.25) is 9.59 Å². The largest absolute Gasteiger partial charge is 0.369 e. The molecule has 0 aliphatic carbocycles. The van der Waals surface area contributed by atoms with Crippen LogP contribution in [0.25, 0.3) is 0 Å². The molecule has 1 unspecified atom stereocenters. The van der Waals surface area contributed by atoms with E-state index in [-0.39, 0.29) is 30.2 Å². The quantitative estimate of drug-likeness (QED) is 0.714. The number of amides is 2. The first-order chi connectivity index (χ1) is 8.88. The van der Waals surface area contributed by atoms with E-state index in [1.807, 2.05) is 13.8 Å². The lowest BCUT2D eigenvalue weighted by atomic mass is 10.0. The van der Waals surface area contributed by atoms with Crippen molar-refractivity contribution in [1.29, 1.82) is 0 Å². The highest BCUT2D eigenvalue weighted by Crippen LogP contribution is 2.11. The van der Waals surface area contributed by atoms with Crippen molar-refractivity contribution in [2.75, 3.05) is 5.32 Å². The molecule has 0 saturated carbocycles. The number of nitrogens with two attached hydrogens (primary N) is 2. The van der Waals surface area contributed by atoms with E-state index in [0.717, 1.165) is 5.56 Å². The van der Waals surface area contributed by atoms with Gasteiger partial charge in [-0.05, 0) is 23.6 Å². The maximum atomic E-state index is 11.7. The molecule has 1 atom stereocenters. The van der Waals surface area contributed by atoms with Gasteiger partial charge in [0.15, 0.2) is 0 Å². The number of carbonyl (C=O) groups excluding carboxylic acids is 2. The molecule has 5 N–H and O–H groups in total. The number of benzene rings is 1. The Morgan fingerprint density at radius 3 is 2.26 bits per heavy atom. The van der Waals surface area contributed by atoms with Gasteiger partial charge in [0.2, 0.25) is 11.8 Å². The van der Waals surface area contributed by atoms with Gasteiger partial charge >= 0.3 is 0 Å². The van der Waals surface area contributed by atoms with Gasteiger partial charge in [-0.15, -0.1) is 0 Å². The summed E-state index contributed by atoms with van der Waals surface area (Å²) in [7, 11) is 0. The Hall–Kier alpha value is -1.88. The number of rotatable bonds is 6. The van der Waals surface area contributed by atoms with Crippen molar-refractivity contribution in [3.05, 3.63) is 29.8 Å². The Morgan fingerprint density at radius 1 is 1.21 bits per heavy atom. The van der Waals surface area contributed by atoms with Crippen molar-refractivity contribution in [2.24, 2.45) is 17.4 Å². The molecule has 1 aromatic carbocycles. The summed E-state index contributed by atoms with van der Waals surface area (Å²) in [5.74, 6) is -0.216. The summed E-state index contributed by atoms with van der Waals surface area (Å²) in [4.78, 5) is 22.5. The van der Waals surface area contributed by atoms with Crippen molar-refractivity contribution in [3.8, 4) is 0 Å². The minimum absolute atomic E-state index is 0.108. The summed E-state index contributed by atoms with van der Waals surface area (Å²) in [5.41, 5.74) is 12.5. The van der Waals surface area contributed by atoms with Crippen LogP contribution in [-0.2, 0) is 16.0 Å². The molecule has 1 rings (SSSR count). The molecule has 0 bridgehead atoms. The molecule has 0 heterocycles. The third-order valence-electron chi connectivity index (χ3n) is 2.89. The van der Waals surface area contributed by atoms with Crippen LogP contribution in [0.4, 0.5) is 5.69 Å². The molecular formula is C14H21N3O2. The predicted octanol–water partition coefficient (Wildman–Crippen LogP) is 1.03. The third-order valence-corrected chi connectivity index (χ3v) is 2.89. The van der Waals surface area contributed by atoms with Crippen LogP contribution in [0.3, 0.4) is 0 Å². The molecule has 0 aromatic heterocycles. The molecule has 19 heavy (non-hydrogen) atoms. The highest BCUT2D eigenvalue weighted by Gasteiger charge is 2.12. The third kappa shape index (κ3) is 5.52. The Morgan fingerprint density at radius 2 is 1.79 bits per heavy atom. The number of primary amides is 1. The van der Waals surface area contributed by atoms with E-state index in [9.17, 15) is 9.59 Å². The van der Waals surface area contributed by atoms with Crippen molar-refractivity contribution in [3.63, 3.8) is 0 Å². The fourth-order valence-electron chi connectivity index (χ4n) is 1.57. The van der Waals surface area contributed by atoms with Crippen LogP contribution in [0.2, 0.25) is 0 Å². The van der Waals surface area contributed by atoms with Gasteiger partial charge in [0.25, 0.3) is 0 Å². The second kappa shape index (κ2) is 6.89. The van der Waals surface area contributed by atoms with Crippen LogP contribution < -0.4 is 16.8 Å². The first kappa shape index (κ1) is 15.2. The van der Waals surface area contributed by atoms with Crippen molar-refractivity contribution >= 4 is 17.5 Å². The Labute approximate surface area is 113 Å². The van der Waals surface area contributed by atoms with Crippen LogP contribution in [0, 0.1) is 5.92 Å². The highest BCUT2D eigenvalue weighted by molar-refractivity contribution is 5.91. The molecule has 0 spiro atoms. The Balaban J connectivity index is 2.53. The normalized spacial score (nSPS) is 12.2. The van der Waals surface area contributed by atoms with Crippen molar-refractivity contribution in [1.82, 2.24) is 0 Å². The SMILES string of the molecule is CC(C)C(N)CC(=O)Nc1ccc(CC(N)=O)cc1. The fraction of sp³-hybridized carbons (Fsp3) is 0.429. The lowest BCUT2D eigenvalue weighted by Crippen LogP contribution is -2.31. The number of nitrogens with one attached hydrogen (secondary N) is 1. The van der Waals surface area contributed by atoms with Crippen LogP contribution in [0.5, 0.6) is 0 Å². The van der Waals surface area contributed by atoms with Gasteiger partial charge in [0.1, 0.15) is 0 Å². The standard InChI is InChI=1S/C14H21N3O2/c1-9(2)12(15)8-14(19)17-11-5-3-10(4-6-11)7-13(16)18/h3-6,9,12H,7-8,15H2,1-2H3,(H2,16,18)(H,17,19). The molecule has 104 valence electrons. The lowest BCUT2D eigenvalue weighted by Gasteiger charge is -2.15. The van der Waals surface area contributed by atoms with Gasteiger partial charge in [-0.25, -0.2) is 0 Å². The lowest BCUT2D eigenvalue weighted by molar-refractivity contribution is -0.118. The molecule has 0 fully saturated rings. The fourth-order valence-corrected chi connectivity index (χ4v) is 1.57. The summed E-state index contributed by atoms with van der Waals surface area (Å²) in [6.07, 6.45) is 0.493. The van der Waals surface area contributed by atoms with E-state index in [1.54, 1.807) is 24.3 Å². The van der Waals surface area contributed by atoms with E-state index >= 15 is 0 Å². The van der Waals surface area contributed by atoms with E-state index in [2.05, 4.69) is 5.32 Å². The molecule has 5 heteroatoms. The van der Waals surface area contributed by atoms with Crippen LogP contribution in [0.1, 0.15) is 25.8 Å². The second-order valence-corrected chi connectivity index (χ2v) is 5.00. The molecule has 0 saturated heterocycles. The molecular weight excluding hydrogens is 242 g/mol. The summed E-state index contributed by atoms with van der Waals surface area (Å²) < 4.78 is 0. The zero-order valence-corrected chi connectivity index (χ0v) is 11.3. The van der Waals surface area contributed by atoms with Crippen LogP contribution >= 0.6 is 0 Å². The predicted molar refractivity (Wildman–Crippen MR) is 75.4 cm³/mol. The zero-order valence-electron chi connectivity index (χ0n) is 11.3. The Bertz CT molecular complexity index is 441. The first-order valence-corrected chi connectivity index (χ1v) is 6.31. The van der Waals surface area contributed by atoms with Crippen molar-refractivity contribution < 1.29 is 9.59 Å². The van der Waals surface area contributed by atoms with Crippen molar-refractivity contribution in [2.45, 2.75) is 32.7 Å². The summed E-state index contributed by atoms with van der Waals surface area (Å²) in [6, 6.07) is 6.88. The molecule has 0 aliphatic rings. The van der Waals surface area contributed by atoms with E-state index in [4.69, 9.17) is 11.5 Å². The smallest absolute Gasteiger partial charge is 0.225 e. The molecule has 2 amide bonds. The molecule has 0 aliphatic heterocycles. The minimum atomic E-state index is -0.375. The number of carbonyl (C=O) groups is 2. The topological polar surface area (TPSA) is 98.2 Å². The van der Waals surface area contributed by atoms with E-state index in [0.29, 0.717) is 12.1 Å². The zero-order chi connectivity index (χ0) is 14.4. The van der Waals surface area contributed by atoms with Gasteiger partial charge in [-0.1, -0.05) is 26.0 Å². The van der Waals surface area contributed by atoms with Gasteiger partial charge < -0.3 is 16.8 Å². The molecule has 1 aromatic rings. The van der Waals surface area contributed by atoms with Gasteiger partial charge in [0, 0.05) is 18.2 Å². The van der Waals surface area contributed by atoms with Gasteiger partial charge in [-0.2, -0.15) is 0 Å². The Kier molecular flexibility index (Phi) is 5.51. The van der Waals surface area contributed by atoms with E-state index in [1.165, 1.54) is 0 Å². The maximum Gasteiger partial charge on any atom is 0.225 e. The van der Waals surface area contributed by atoms with Crippen LogP contribution in [0.15, 0.2) is 24.3 Å².